The van der Waals surface area contributed by atoms with Crippen LogP contribution in [0, 0.1) is 17.0 Å². The second-order valence-corrected chi connectivity index (χ2v) is 5.08. The third-order valence-electron chi connectivity index (χ3n) is 2.95. The maximum Gasteiger partial charge on any atom is 0.285 e. The molecule has 0 spiro atoms. The summed E-state index contributed by atoms with van der Waals surface area (Å²) in [6, 6.07) is 4.79. The van der Waals surface area contributed by atoms with Crippen LogP contribution < -0.4 is 5.32 Å². The van der Waals surface area contributed by atoms with Gasteiger partial charge in [0.1, 0.15) is 5.56 Å². The molecule has 1 aromatic rings. The molecule has 6 heteroatoms. The van der Waals surface area contributed by atoms with Gasteiger partial charge in [0, 0.05) is 16.9 Å². The number of benzene rings is 1. The predicted octanol–water partition coefficient (Wildman–Crippen LogP) is 3.20. The molecule has 1 N–H and O–H groups in total. The van der Waals surface area contributed by atoms with Crippen molar-refractivity contribution in [2.24, 2.45) is 0 Å². The third-order valence-corrected chi connectivity index (χ3v) is 3.41. The topological polar surface area (TPSA) is 72.2 Å². The molecular formula is C13H17BrN2O3. The van der Waals surface area contributed by atoms with Crippen molar-refractivity contribution >= 4 is 27.5 Å². The van der Waals surface area contributed by atoms with Gasteiger partial charge in [-0.05, 0) is 25.8 Å². The van der Waals surface area contributed by atoms with Gasteiger partial charge in [-0.2, -0.15) is 0 Å². The summed E-state index contributed by atoms with van der Waals surface area (Å²) in [6.45, 7) is 3.60. The fraction of sp³-hybridized carbons (Fsp3) is 0.462. The van der Waals surface area contributed by atoms with Crippen LogP contribution >= 0.6 is 15.9 Å². The summed E-state index contributed by atoms with van der Waals surface area (Å²) in [7, 11) is 0. The van der Waals surface area contributed by atoms with E-state index in [0.717, 1.165) is 18.2 Å². The SMILES string of the molecule is CCC(CCBr)NC(=O)c1cccc(C)c1[N+](=O)[O-]. The van der Waals surface area contributed by atoms with Crippen molar-refractivity contribution in [3.05, 3.63) is 39.4 Å². The molecule has 1 amide bonds. The molecule has 104 valence electrons. The fourth-order valence-electron chi connectivity index (χ4n) is 1.86. The van der Waals surface area contributed by atoms with Gasteiger partial charge in [-0.1, -0.05) is 35.0 Å². The summed E-state index contributed by atoms with van der Waals surface area (Å²) in [4.78, 5) is 22.7. The van der Waals surface area contributed by atoms with E-state index in [1.54, 1.807) is 19.1 Å². The van der Waals surface area contributed by atoms with Crippen LogP contribution in [0.15, 0.2) is 18.2 Å². The van der Waals surface area contributed by atoms with Gasteiger partial charge >= 0.3 is 0 Å². The zero-order chi connectivity index (χ0) is 14.4. The Balaban J connectivity index is 3.00. The molecule has 1 rings (SSSR count). The lowest BCUT2D eigenvalue weighted by Gasteiger charge is -2.15. The Bertz CT molecular complexity index is 477. The van der Waals surface area contributed by atoms with Crippen LogP contribution in [0.1, 0.15) is 35.7 Å². The molecular weight excluding hydrogens is 312 g/mol. The van der Waals surface area contributed by atoms with E-state index in [1.807, 2.05) is 6.92 Å². The maximum absolute atomic E-state index is 12.1. The number of hydrogen-bond acceptors (Lipinski definition) is 3. The lowest BCUT2D eigenvalue weighted by molar-refractivity contribution is -0.385. The molecule has 0 radical (unpaired) electrons. The molecule has 0 bridgehead atoms. The minimum atomic E-state index is -0.504. The van der Waals surface area contributed by atoms with Gasteiger partial charge in [0.2, 0.25) is 0 Å². The smallest absolute Gasteiger partial charge is 0.285 e. The molecule has 0 aliphatic rings. The van der Waals surface area contributed by atoms with Crippen LogP contribution in [-0.2, 0) is 0 Å². The molecule has 1 unspecified atom stereocenters. The first kappa shape index (κ1) is 15.6. The van der Waals surface area contributed by atoms with Gasteiger partial charge in [-0.15, -0.1) is 0 Å². The predicted molar refractivity (Wildman–Crippen MR) is 77.8 cm³/mol. The second-order valence-electron chi connectivity index (χ2n) is 4.28. The Morgan fingerprint density at radius 1 is 1.53 bits per heavy atom. The van der Waals surface area contributed by atoms with Gasteiger partial charge in [-0.25, -0.2) is 0 Å². The average molecular weight is 329 g/mol. The Morgan fingerprint density at radius 2 is 2.21 bits per heavy atom. The summed E-state index contributed by atoms with van der Waals surface area (Å²) < 4.78 is 0. The number of hydrogen-bond donors (Lipinski definition) is 1. The second kappa shape index (κ2) is 7.23. The number of carbonyl (C=O) groups excluding carboxylic acids is 1. The molecule has 19 heavy (non-hydrogen) atoms. The normalized spacial score (nSPS) is 11.9. The Morgan fingerprint density at radius 3 is 2.74 bits per heavy atom. The monoisotopic (exact) mass is 328 g/mol. The van der Waals surface area contributed by atoms with Crippen molar-refractivity contribution < 1.29 is 9.72 Å². The number of nitrogens with zero attached hydrogens (tertiary/aromatic N) is 1. The highest BCUT2D eigenvalue weighted by Crippen LogP contribution is 2.23. The van der Waals surface area contributed by atoms with Crippen LogP contribution in [0.3, 0.4) is 0 Å². The van der Waals surface area contributed by atoms with Crippen molar-refractivity contribution in [2.45, 2.75) is 32.7 Å². The van der Waals surface area contributed by atoms with E-state index in [9.17, 15) is 14.9 Å². The molecule has 0 heterocycles. The standard InChI is InChI=1S/C13H17BrN2O3/c1-3-10(7-8-14)15-13(17)11-6-4-5-9(2)12(11)16(18)19/h4-6,10H,3,7-8H2,1-2H3,(H,15,17). The maximum atomic E-state index is 12.1. The lowest BCUT2D eigenvalue weighted by Crippen LogP contribution is -2.35. The molecule has 0 saturated heterocycles. The molecule has 0 aliphatic carbocycles. The number of rotatable bonds is 6. The van der Waals surface area contributed by atoms with Crippen molar-refractivity contribution in [3.8, 4) is 0 Å². The lowest BCUT2D eigenvalue weighted by atomic mass is 10.1. The van der Waals surface area contributed by atoms with Gasteiger partial charge in [0.05, 0.1) is 4.92 Å². The van der Waals surface area contributed by atoms with Crippen LogP contribution in [0.5, 0.6) is 0 Å². The van der Waals surface area contributed by atoms with Crippen molar-refractivity contribution in [1.29, 1.82) is 0 Å². The average Bonchev–Trinajstić information content (AvgIpc) is 2.37. The van der Waals surface area contributed by atoms with Crippen LogP contribution in [0.25, 0.3) is 0 Å². The summed E-state index contributed by atoms with van der Waals surface area (Å²) in [5.41, 5.74) is 0.498. The fourth-order valence-corrected chi connectivity index (χ4v) is 2.41. The Hall–Kier alpha value is -1.43. The molecule has 0 aliphatic heterocycles. The molecule has 5 nitrogen and oxygen atoms in total. The summed E-state index contributed by atoms with van der Waals surface area (Å²) in [5, 5.41) is 14.7. The highest BCUT2D eigenvalue weighted by Gasteiger charge is 2.23. The van der Waals surface area contributed by atoms with E-state index < -0.39 is 4.92 Å². The van der Waals surface area contributed by atoms with E-state index in [-0.39, 0.29) is 23.2 Å². The number of nitro benzene ring substituents is 1. The Kier molecular flexibility index (Phi) is 5.95. The molecule has 0 aromatic heterocycles. The molecule has 0 fully saturated rings. The number of para-hydroxylation sites is 1. The highest BCUT2D eigenvalue weighted by atomic mass is 79.9. The first-order valence-corrected chi connectivity index (χ1v) is 7.24. The number of amides is 1. The zero-order valence-electron chi connectivity index (χ0n) is 11.0. The van der Waals surface area contributed by atoms with Gasteiger partial charge in [-0.3, -0.25) is 14.9 Å². The van der Waals surface area contributed by atoms with E-state index >= 15 is 0 Å². The number of alkyl halides is 1. The largest absolute Gasteiger partial charge is 0.349 e. The first-order valence-electron chi connectivity index (χ1n) is 6.12. The quantitative estimate of drug-likeness (QED) is 0.495. The number of halogens is 1. The van der Waals surface area contributed by atoms with Crippen molar-refractivity contribution in [2.75, 3.05) is 5.33 Å². The number of nitrogens with one attached hydrogen (secondary N) is 1. The molecule has 1 atom stereocenters. The van der Waals surface area contributed by atoms with E-state index in [4.69, 9.17) is 0 Å². The third kappa shape index (κ3) is 4.02. The zero-order valence-corrected chi connectivity index (χ0v) is 12.6. The van der Waals surface area contributed by atoms with Crippen molar-refractivity contribution in [1.82, 2.24) is 5.32 Å². The van der Waals surface area contributed by atoms with E-state index in [2.05, 4.69) is 21.2 Å². The van der Waals surface area contributed by atoms with Gasteiger partial charge in [0.15, 0.2) is 0 Å². The minimum absolute atomic E-state index is 0.0204. The summed E-state index contributed by atoms with van der Waals surface area (Å²) >= 11 is 3.33. The summed E-state index contributed by atoms with van der Waals surface area (Å²) in [6.07, 6.45) is 1.58. The van der Waals surface area contributed by atoms with Crippen LogP contribution in [0.2, 0.25) is 0 Å². The Labute approximate surface area is 120 Å². The van der Waals surface area contributed by atoms with Crippen LogP contribution in [0.4, 0.5) is 5.69 Å². The van der Waals surface area contributed by atoms with Gasteiger partial charge < -0.3 is 5.32 Å². The number of carbonyl (C=O) groups is 1. The van der Waals surface area contributed by atoms with E-state index in [1.165, 1.54) is 6.07 Å². The number of aryl methyl sites for hydroxylation is 1. The van der Waals surface area contributed by atoms with Crippen LogP contribution in [-0.4, -0.2) is 22.2 Å². The summed E-state index contributed by atoms with van der Waals surface area (Å²) in [5.74, 6) is -0.386. The highest BCUT2D eigenvalue weighted by molar-refractivity contribution is 9.09. The minimum Gasteiger partial charge on any atom is -0.349 e. The molecule has 0 saturated carbocycles. The van der Waals surface area contributed by atoms with Gasteiger partial charge in [0.25, 0.3) is 11.6 Å². The molecule has 1 aromatic carbocycles. The van der Waals surface area contributed by atoms with Crippen molar-refractivity contribution in [3.63, 3.8) is 0 Å². The van der Waals surface area contributed by atoms with E-state index in [0.29, 0.717) is 5.56 Å². The first-order chi connectivity index (χ1) is 9.01. The number of nitro groups is 1.